The average molecular weight is 506 g/mol. The third-order valence-electron chi connectivity index (χ3n) is 5.12. The van der Waals surface area contributed by atoms with Gasteiger partial charge >= 0.3 is 6.09 Å². The standard InChI is InChI=1S/C27H28ClN5O3/c1-27(2,3)36-26(34)29-15-14-18-10-12-21(30-17-18)20-11-13-23(28)31-25(20)35-24-16-22(32-33(24)4)19-8-6-5-7-9-19/h5-13,16-17H,14-15H2,1-4H3,(H,29,34). The molecule has 0 saturated carbocycles. The number of carbonyl (C=O) groups is 1. The number of hydrogen-bond donors (Lipinski definition) is 1. The topological polar surface area (TPSA) is 91.2 Å². The summed E-state index contributed by atoms with van der Waals surface area (Å²) in [5.41, 5.74) is 3.60. The molecule has 4 rings (SSSR count). The van der Waals surface area contributed by atoms with Crippen molar-refractivity contribution in [1.82, 2.24) is 25.1 Å². The number of benzene rings is 1. The van der Waals surface area contributed by atoms with Gasteiger partial charge in [0.15, 0.2) is 0 Å². The highest BCUT2D eigenvalue weighted by Gasteiger charge is 2.17. The first-order valence-corrected chi connectivity index (χ1v) is 11.9. The van der Waals surface area contributed by atoms with Gasteiger partial charge in [-0.15, -0.1) is 0 Å². The molecule has 0 atom stereocenters. The predicted molar refractivity (Wildman–Crippen MR) is 139 cm³/mol. The van der Waals surface area contributed by atoms with Crippen molar-refractivity contribution in [3.05, 3.63) is 77.6 Å². The van der Waals surface area contributed by atoms with Crippen molar-refractivity contribution in [2.24, 2.45) is 7.05 Å². The van der Waals surface area contributed by atoms with E-state index in [1.807, 2.05) is 82.4 Å². The molecule has 0 radical (unpaired) electrons. The van der Waals surface area contributed by atoms with Gasteiger partial charge in [-0.2, -0.15) is 5.10 Å². The largest absolute Gasteiger partial charge is 0.444 e. The van der Waals surface area contributed by atoms with E-state index in [2.05, 4.69) is 20.4 Å². The van der Waals surface area contributed by atoms with Gasteiger partial charge in [0.2, 0.25) is 11.8 Å². The molecule has 0 aliphatic rings. The summed E-state index contributed by atoms with van der Waals surface area (Å²) in [6, 6.07) is 19.1. The van der Waals surface area contributed by atoms with Crippen LogP contribution in [0.15, 0.2) is 66.9 Å². The SMILES string of the molecule is Cn1nc(-c2ccccc2)cc1Oc1nc(Cl)ccc1-c1ccc(CCNC(=O)OC(C)(C)C)cn1. The minimum atomic E-state index is -0.529. The lowest BCUT2D eigenvalue weighted by Gasteiger charge is -2.19. The number of nitrogens with zero attached hydrogens (tertiary/aromatic N) is 4. The number of aromatic nitrogens is 4. The molecular formula is C27H28ClN5O3. The number of hydrogen-bond acceptors (Lipinski definition) is 6. The van der Waals surface area contributed by atoms with E-state index in [4.69, 9.17) is 21.1 Å². The van der Waals surface area contributed by atoms with Crippen LogP contribution in [0.1, 0.15) is 26.3 Å². The van der Waals surface area contributed by atoms with E-state index >= 15 is 0 Å². The molecule has 0 aliphatic carbocycles. The van der Waals surface area contributed by atoms with Gasteiger partial charge < -0.3 is 14.8 Å². The van der Waals surface area contributed by atoms with Crippen LogP contribution in [0, 0.1) is 0 Å². The van der Waals surface area contributed by atoms with E-state index in [1.165, 1.54) is 0 Å². The van der Waals surface area contributed by atoms with Gasteiger partial charge in [0, 0.05) is 31.4 Å². The van der Waals surface area contributed by atoms with E-state index in [1.54, 1.807) is 16.9 Å². The molecular weight excluding hydrogens is 478 g/mol. The van der Waals surface area contributed by atoms with Crippen LogP contribution in [0.5, 0.6) is 11.8 Å². The molecule has 0 spiro atoms. The van der Waals surface area contributed by atoms with Crippen molar-refractivity contribution >= 4 is 17.7 Å². The summed E-state index contributed by atoms with van der Waals surface area (Å²) in [5.74, 6) is 0.853. The summed E-state index contributed by atoms with van der Waals surface area (Å²) in [5, 5.41) is 7.61. The fraction of sp³-hybridized carbons (Fsp3) is 0.259. The Hall–Kier alpha value is -3.91. The number of carbonyl (C=O) groups excluding carboxylic acids is 1. The van der Waals surface area contributed by atoms with Crippen molar-refractivity contribution in [2.45, 2.75) is 32.8 Å². The lowest BCUT2D eigenvalue weighted by molar-refractivity contribution is 0.0528. The van der Waals surface area contributed by atoms with Gasteiger partial charge in [0.1, 0.15) is 10.8 Å². The second kappa shape index (κ2) is 10.8. The average Bonchev–Trinajstić information content (AvgIpc) is 3.19. The molecule has 8 nitrogen and oxygen atoms in total. The van der Waals surface area contributed by atoms with Gasteiger partial charge in [0.25, 0.3) is 0 Å². The van der Waals surface area contributed by atoms with Crippen LogP contribution in [0.3, 0.4) is 0 Å². The van der Waals surface area contributed by atoms with Crippen molar-refractivity contribution in [3.63, 3.8) is 0 Å². The van der Waals surface area contributed by atoms with Crippen LogP contribution in [-0.2, 0) is 18.2 Å². The molecule has 1 amide bonds. The van der Waals surface area contributed by atoms with Gasteiger partial charge in [0.05, 0.1) is 17.0 Å². The second-order valence-corrected chi connectivity index (χ2v) is 9.56. The minimum absolute atomic E-state index is 0.309. The number of alkyl carbamates (subject to hydrolysis) is 1. The fourth-order valence-corrected chi connectivity index (χ4v) is 3.58. The first-order chi connectivity index (χ1) is 17.2. The highest BCUT2D eigenvalue weighted by molar-refractivity contribution is 6.29. The molecule has 186 valence electrons. The molecule has 0 bridgehead atoms. The fourth-order valence-electron chi connectivity index (χ4n) is 3.44. The maximum absolute atomic E-state index is 11.8. The van der Waals surface area contributed by atoms with Gasteiger partial charge in [-0.3, -0.25) is 4.98 Å². The Bertz CT molecular complexity index is 1330. The molecule has 3 aromatic heterocycles. The molecule has 9 heteroatoms. The monoisotopic (exact) mass is 505 g/mol. The highest BCUT2D eigenvalue weighted by Crippen LogP contribution is 2.33. The smallest absolute Gasteiger partial charge is 0.407 e. The van der Waals surface area contributed by atoms with Crippen LogP contribution in [0.2, 0.25) is 5.15 Å². The Balaban J connectivity index is 1.48. The minimum Gasteiger partial charge on any atom is -0.444 e. The summed E-state index contributed by atoms with van der Waals surface area (Å²) in [6.45, 7) is 5.93. The van der Waals surface area contributed by atoms with Crippen molar-refractivity contribution in [2.75, 3.05) is 6.54 Å². The van der Waals surface area contributed by atoms with E-state index in [9.17, 15) is 4.79 Å². The maximum atomic E-state index is 11.8. The van der Waals surface area contributed by atoms with E-state index in [0.29, 0.717) is 41.1 Å². The highest BCUT2D eigenvalue weighted by atomic mass is 35.5. The van der Waals surface area contributed by atoms with Gasteiger partial charge in [-0.05, 0) is 51.0 Å². The molecule has 0 unspecified atom stereocenters. The van der Waals surface area contributed by atoms with E-state index in [-0.39, 0.29) is 0 Å². The lowest BCUT2D eigenvalue weighted by atomic mass is 10.1. The molecule has 0 aliphatic heterocycles. The second-order valence-electron chi connectivity index (χ2n) is 9.18. The number of amides is 1. The van der Waals surface area contributed by atoms with Crippen molar-refractivity contribution in [3.8, 4) is 34.3 Å². The van der Waals surface area contributed by atoms with E-state index in [0.717, 1.165) is 16.8 Å². The van der Waals surface area contributed by atoms with Crippen LogP contribution in [-0.4, -0.2) is 38.0 Å². The number of pyridine rings is 2. The number of halogens is 1. The zero-order valence-electron chi connectivity index (χ0n) is 20.7. The third-order valence-corrected chi connectivity index (χ3v) is 5.33. The Kier molecular flexibility index (Phi) is 7.55. The quantitative estimate of drug-likeness (QED) is 0.307. The Morgan fingerprint density at radius 2 is 1.83 bits per heavy atom. The molecule has 1 aromatic carbocycles. The van der Waals surface area contributed by atoms with Crippen LogP contribution in [0.25, 0.3) is 22.5 Å². The molecule has 0 saturated heterocycles. The van der Waals surface area contributed by atoms with Crippen LogP contribution < -0.4 is 10.1 Å². The number of aryl methyl sites for hydroxylation is 1. The third kappa shape index (κ3) is 6.60. The normalized spacial score (nSPS) is 11.2. The van der Waals surface area contributed by atoms with Crippen molar-refractivity contribution < 1.29 is 14.3 Å². The Morgan fingerprint density at radius 1 is 1.06 bits per heavy atom. The molecule has 36 heavy (non-hydrogen) atoms. The van der Waals surface area contributed by atoms with E-state index < -0.39 is 11.7 Å². The lowest BCUT2D eigenvalue weighted by Crippen LogP contribution is -2.33. The van der Waals surface area contributed by atoms with Gasteiger partial charge in [-0.1, -0.05) is 48.0 Å². The maximum Gasteiger partial charge on any atom is 0.407 e. The molecule has 4 aromatic rings. The summed E-state index contributed by atoms with van der Waals surface area (Å²) in [7, 11) is 1.81. The molecule has 0 fully saturated rings. The number of ether oxygens (including phenoxy) is 2. The zero-order chi connectivity index (χ0) is 25.7. The summed E-state index contributed by atoms with van der Waals surface area (Å²) in [6.07, 6.45) is 1.94. The first-order valence-electron chi connectivity index (χ1n) is 11.5. The number of nitrogens with one attached hydrogen (secondary N) is 1. The van der Waals surface area contributed by atoms with Gasteiger partial charge in [-0.25, -0.2) is 14.5 Å². The molecule has 3 heterocycles. The van der Waals surface area contributed by atoms with Crippen LogP contribution in [0.4, 0.5) is 4.79 Å². The van der Waals surface area contributed by atoms with Crippen LogP contribution >= 0.6 is 11.6 Å². The predicted octanol–water partition coefficient (Wildman–Crippen LogP) is 6.06. The summed E-state index contributed by atoms with van der Waals surface area (Å²) >= 11 is 6.18. The van der Waals surface area contributed by atoms with Crippen molar-refractivity contribution in [1.29, 1.82) is 0 Å². The summed E-state index contributed by atoms with van der Waals surface area (Å²) < 4.78 is 13.1. The first kappa shape index (κ1) is 25.2. The Morgan fingerprint density at radius 3 is 2.53 bits per heavy atom. The summed E-state index contributed by atoms with van der Waals surface area (Å²) in [4.78, 5) is 20.8. The Labute approximate surface area is 215 Å². The molecule has 1 N–H and O–H groups in total. The number of rotatable bonds is 7. The zero-order valence-corrected chi connectivity index (χ0v) is 21.4.